The maximum atomic E-state index is 11.9. The smallest absolute Gasteiger partial charge is 0.295 e. The van der Waals surface area contributed by atoms with Gasteiger partial charge in [0, 0.05) is 18.8 Å². The molecule has 1 heterocycles. The number of nitrogens with two attached hydrogens (primary N) is 1. The summed E-state index contributed by atoms with van der Waals surface area (Å²) in [4.78, 5) is 15.4. The zero-order valence-corrected chi connectivity index (χ0v) is 16.9. The maximum Gasteiger partial charge on any atom is 0.295 e. The highest BCUT2D eigenvalue weighted by Gasteiger charge is 2.24. The molecule has 0 aliphatic carbocycles. The molecule has 0 radical (unpaired) electrons. The van der Waals surface area contributed by atoms with Crippen LogP contribution in [0, 0.1) is 0 Å². The lowest BCUT2D eigenvalue weighted by Crippen LogP contribution is -2.10. The summed E-state index contributed by atoms with van der Waals surface area (Å²) >= 11 is 6.59. The number of halogens is 1. The molecule has 2 N–H and O–H groups in total. The molecule has 0 saturated heterocycles. The third-order valence-corrected chi connectivity index (χ3v) is 4.34. The van der Waals surface area contributed by atoms with E-state index >= 15 is 0 Å². The number of rotatable bonds is 7. The monoisotopic (exact) mass is 452 g/mol. The average molecular weight is 453 g/mol. The first kappa shape index (κ1) is 19.2. The number of benzene rings is 1. The molecule has 0 atom stereocenters. The van der Waals surface area contributed by atoms with Crippen molar-refractivity contribution in [1.82, 2.24) is 4.98 Å². The van der Waals surface area contributed by atoms with E-state index in [9.17, 15) is 4.79 Å². The molecular weight excluding hydrogens is 440 g/mol. The standard InChI is InChI=1S/C13H13BrN2O5S3/c1-22-19-7-5-4-6(10(20-23-2)11(7)21-24-3)9-8(14)12(17)16-13(15)18-9/h4-5H,1-3H3,(H2,15,16,17). The molecule has 0 fully saturated rings. The van der Waals surface area contributed by atoms with Gasteiger partial charge in [-0.1, -0.05) is 0 Å². The van der Waals surface area contributed by atoms with Crippen LogP contribution in [0.3, 0.4) is 0 Å². The predicted molar refractivity (Wildman–Crippen MR) is 103 cm³/mol. The molecule has 0 unspecified atom stereocenters. The van der Waals surface area contributed by atoms with Crippen molar-refractivity contribution in [1.29, 1.82) is 0 Å². The summed E-state index contributed by atoms with van der Waals surface area (Å²) < 4.78 is 22.3. The minimum absolute atomic E-state index is 0.135. The van der Waals surface area contributed by atoms with Crippen molar-refractivity contribution in [2.45, 2.75) is 0 Å². The van der Waals surface area contributed by atoms with Gasteiger partial charge in [0.15, 0.2) is 17.3 Å². The highest BCUT2D eigenvalue weighted by Crippen LogP contribution is 2.48. The molecule has 130 valence electrons. The third kappa shape index (κ3) is 4.08. The van der Waals surface area contributed by atoms with Crippen LogP contribution in [0.4, 0.5) is 6.01 Å². The van der Waals surface area contributed by atoms with Crippen LogP contribution < -0.4 is 23.8 Å². The largest absolute Gasteiger partial charge is 0.424 e. The molecule has 7 nitrogen and oxygen atoms in total. The molecule has 0 spiro atoms. The molecule has 0 bridgehead atoms. The van der Waals surface area contributed by atoms with Crippen molar-refractivity contribution >= 4 is 58.1 Å². The molecule has 11 heteroatoms. The second kappa shape index (κ2) is 8.79. The summed E-state index contributed by atoms with van der Waals surface area (Å²) in [5, 5.41) is 0. The first-order chi connectivity index (χ1) is 11.5. The SMILES string of the molecule is CSOc1ccc(-c2oc(N)nc(=O)c2Br)c(OSC)c1OSC. The van der Waals surface area contributed by atoms with Crippen molar-refractivity contribution in [3.05, 3.63) is 27.0 Å². The quantitative estimate of drug-likeness (QED) is 0.619. The number of nitrogens with zero attached hydrogens (tertiary/aromatic N) is 1. The molecule has 2 rings (SSSR count). The molecule has 2 aromatic rings. The van der Waals surface area contributed by atoms with Gasteiger partial charge in [0.25, 0.3) is 11.6 Å². The molecule has 0 aliphatic rings. The van der Waals surface area contributed by atoms with E-state index < -0.39 is 5.56 Å². The molecule has 0 amide bonds. The van der Waals surface area contributed by atoms with E-state index in [1.165, 1.54) is 12.0 Å². The zero-order chi connectivity index (χ0) is 17.7. The van der Waals surface area contributed by atoms with Crippen molar-refractivity contribution in [3.8, 4) is 28.6 Å². The number of aromatic nitrogens is 1. The summed E-state index contributed by atoms with van der Waals surface area (Å²) in [6.07, 6.45) is 5.30. The number of hydrogen-bond acceptors (Lipinski definition) is 10. The summed E-state index contributed by atoms with van der Waals surface area (Å²) in [6.45, 7) is 0. The Hall–Kier alpha value is -1.17. The van der Waals surface area contributed by atoms with Crippen molar-refractivity contribution < 1.29 is 17.0 Å². The zero-order valence-electron chi connectivity index (χ0n) is 12.8. The van der Waals surface area contributed by atoms with Crippen LogP contribution in [0.5, 0.6) is 17.2 Å². The number of anilines is 1. The Morgan fingerprint density at radius 1 is 1.08 bits per heavy atom. The fraction of sp³-hybridized carbons (Fsp3) is 0.231. The molecule has 1 aromatic carbocycles. The summed E-state index contributed by atoms with van der Waals surface area (Å²) in [5.74, 6) is 1.38. The van der Waals surface area contributed by atoms with Crippen LogP contribution in [0.1, 0.15) is 0 Å². The lowest BCUT2D eigenvalue weighted by Gasteiger charge is -2.16. The first-order valence-corrected chi connectivity index (χ1v) is 10.5. The summed E-state index contributed by atoms with van der Waals surface area (Å²) in [5.41, 5.74) is 5.49. The first-order valence-electron chi connectivity index (χ1n) is 6.29. The van der Waals surface area contributed by atoms with Crippen LogP contribution in [-0.4, -0.2) is 23.8 Å². The Morgan fingerprint density at radius 3 is 2.33 bits per heavy atom. The Bertz CT molecular complexity index is 787. The van der Waals surface area contributed by atoms with Crippen molar-refractivity contribution in [3.63, 3.8) is 0 Å². The van der Waals surface area contributed by atoms with Gasteiger partial charge in [-0.3, -0.25) is 4.79 Å². The normalized spacial score (nSPS) is 10.5. The second-order valence-corrected chi connectivity index (χ2v) is 6.31. The molecule has 24 heavy (non-hydrogen) atoms. The summed E-state index contributed by atoms with van der Waals surface area (Å²) in [7, 11) is 0. The molecule has 1 aromatic heterocycles. The van der Waals surface area contributed by atoms with Gasteiger partial charge in [-0.05, 0) is 28.1 Å². The molecule has 0 aliphatic heterocycles. The second-order valence-electron chi connectivity index (χ2n) is 4.02. The van der Waals surface area contributed by atoms with E-state index in [1.54, 1.807) is 30.9 Å². The van der Waals surface area contributed by atoms with E-state index in [1.807, 2.05) is 0 Å². The van der Waals surface area contributed by atoms with E-state index in [2.05, 4.69) is 20.9 Å². The highest BCUT2D eigenvalue weighted by atomic mass is 79.9. The van der Waals surface area contributed by atoms with Gasteiger partial charge in [0.1, 0.15) is 4.47 Å². The number of nitrogen functional groups attached to an aromatic ring is 1. The summed E-state index contributed by atoms with van der Waals surface area (Å²) in [6, 6.07) is 3.13. The maximum absolute atomic E-state index is 11.9. The average Bonchev–Trinajstić information content (AvgIpc) is 2.54. The van der Waals surface area contributed by atoms with Gasteiger partial charge >= 0.3 is 0 Å². The Kier molecular flexibility index (Phi) is 7.02. The van der Waals surface area contributed by atoms with Crippen LogP contribution >= 0.6 is 52.1 Å². The fourth-order valence-corrected chi connectivity index (χ4v) is 3.15. The minimum atomic E-state index is -0.541. The van der Waals surface area contributed by atoms with Gasteiger partial charge in [-0.15, -0.1) is 0 Å². The lowest BCUT2D eigenvalue weighted by molar-refractivity contribution is 0.527. The van der Waals surface area contributed by atoms with Gasteiger partial charge in [-0.2, -0.15) is 4.98 Å². The van der Waals surface area contributed by atoms with Crippen molar-refractivity contribution in [2.24, 2.45) is 0 Å². The van der Waals surface area contributed by atoms with Crippen LogP contribution in [0.25, 0.3) is 11.3 Å². The van der Waals surface area contributed by atoms with Gasteiger partial charge in [0.05, 0.1) is 41.7 Å². The van der Waals surface area contributed by atoms with Crippen LogP contribution in [-0.2, 0) is 0 Å². The fourth-order valence-electron chi connectivity index (χ4n) is 1.80. The third-order valence-electron chi connectivity index (χ3n) is 2.63. The number of hydrogen-bond donors (Lipinski definition) is 1. The topological polar surface area (TPSA) is 96.8 Å². The Labute approximate surface area is 159 Å². The Balaban J connectivity index is 2.74. The molecule has 0 saturated carbocycles. The van der Waals surface area contributed by atoms with E-state index in [-0.39, 0.29) is 16.2 Å². The van der Waals surface area contributed by atoms with E-state index in [0.29, 0.717) is 22.8 Å². The van der Waals surface area contributed by atoms with Crippen LogP contribution in [0.2, 0.25) is 0 Å². The molecular formula is C13H13BrN2O5S3. The van der Waals surface area contributed by atoms with E-state index in [0.717, 1.165) is 24.1 Å². The highest BCUT2D eigenvalue weighted by molar-refractivity contribution is 9.10. The van der Waals surface area contributed by atoms with E-state index in [4.69, 9.17) is 22.7 Å². The van der Waals surface area contributed by atoms with Crippen molar-refractivity contribution in [2.75, 3.05) is 24.5 Å². The minimum Gasteiger partial charge on any atom is -0.424 e. The van der Waals surface area contributed by atoms with Gasteiger partial charge in [-0.25, -0.2) is 0 Å². The van der Waals surface area contributed by atoms with Crippen LogP contribution in [0.15, 0.2) is 25.8 Å². The van der Waals surface area contributed by atoms with Gasteiger partial charge < -0.3 is 22.7 Å². The predicted octanol–water partition coefficient (Wildman–Crippen LogP) is 4.02. The van der Waals surface area contributed by atoms with Gasteiger partial charge in [0.2, 0.25) is 5.75 Å². The lowest BCUT2D eigenvalue weighted by atomic mass is 10.1. The Morgan fingerprint density at radius 2 is 1.71 bits per heavy atom.